The van der Waals surface area contributed by atoms with E-state index in [0.29, 0.717) is 16.7 Å². The summed E-state index contributed by atoms with van der Waals surface area (Å²) in [6.07, 6.45) is 0. The van der Waals surface area contributed by atoms with Crippen LogP contribution in [0.5, 0.6) is 5.88 Å². The second-order valence-corrected chi connectivity index (χ2v) is 8.15. The highest BCUT2D eigenvalue weighted by atomic mass is 19.1. The van der Waals surface area contributed by atoms with Crippen molar-refractivity contribution < 1.29 is 18.7 Å². The van der Waals surface area contributed by atoms with Gasteiger partial charge in [-0.3, -0.25) is 14.2 Å². The smallest absolute Gasteiger partial charge is 0.271 e. The van der Waals surface area contributed by atoms with Crippen LogP contribution in [0, 0.1) is 44.8 Å². The highest BCUT2D eigenvalue weighted by Crippen LogP contribution is 2.32. The SMILES string of the molecule is Cc1cc2oc(C(=O)c3c(C)c(C#N)c(=O)n(Cc4ccc(F)cc4)c3O)c(C)c2cc1C. The summed E-state index contributed by atoms with van der Waals surface area (Å²) in [5.74, 6) is -1.61. The number of carbonyl (C=O) groups excluding carboxylic acids is 1. The number of nitriles is 1. The number of hydrogen-bond donors (Lipinski definition) is 1. The number of halogens is 1. The molecule has 7 heteroatoms. The minimum Gasteiger partial charge on any atom is -0.494 e. The van der Waals surface area contributed by atoms with E-state index in [9.17, 15) is 24.3 Å². The fourth-order valence-corrected chi connectivity index (χ4v) is 3.95. The molecule has 2 aromatic carbocycles. The van der Waals surface area contributed by atoms with Gasteiger partial charge in [-0.2, -0.15) is 5.26 Å². The molecule has 0 amide bonds. The summed E-state index contributed by atoms with van der Waals surface area (Å²) in [5.41, 5.74) is 2.63. The number of aromatic nitrogens is 1. The van der Waals surface area contributed by atoms with Gasteiger partial charge in [0.25, 0.3) is 5.56 Å². The van der Waals surface area contributed by atoms with E-state index >= 15 is 0 Å². The molecule has 0 aliphatic heterocycles. The van der Waals surface area contributed by atoms with Crippen molar-refractivity contribution in [2.45, 2.75) is 34.2 Å². The second kappa shape index (κ2) is 8.06. The molecule has 0 fully saturated rings. The maximum absolute atomic E-state index is 13.5. The number of fused-ring (bicyclic) bond motifs is 1. The van der Waals surface area contributed by atoms with Gasteiger partial charge in [-0.1, -0.05) is 12.1 Å². The number of rotatable bonds is 4. The molecule has 0 radical (unpaired) electrons. The minimum absolute atomic E-state index is 0.0317. The molecule has 0 atom stereocenters. The molecule has 33 heavy (non-hydrogen) atoms. The highest BCUT2D eigenvalue weighted by Gasteiger charge is 2.28. The van der Waals surface area contributed by atoms with Crippen LogP contribution in [-0.2, 0) is 6.54 Å². The van der Waals surface area contributed by atoms with Crippen LogP contribution in [0.2, 0.25) is 0 Å². The fraction of sp³-hybridized carbons (Fsp3) is 0.192. The number of aryl methyl sites for hydroxylation is 3. The van der Waals surface area contributed by atoms with Crippen LogP contribution < -0.4 is 5.56 Å². The molecule has 6 nitrogen and oxygen atoms in total. The first-order valence-corrected chi connectivity index (χ1v) is 10.3. The van der Waals surface area contributed by atoms with E-state index in [0.717, 1.165) is 21.1 Å². The van der Waals surface area contributed by atoms with Crippen molar-refractivity contribution in [1.82, 2.24) is 4.57 Å². The van der Waals surface area contributed by atoms with E-state index in [4.69, 9.17) is 4.42 Å². The van der Waals surface area contributed by atoms with Gasteiger partial charge < -0.3 is 9.52 Å². The molecule has 0 spiro atoms. The minimum atomic E-state index is -0.735. The molecule has 4 rings (SSSR count). The molecule has 0 unspecified atom stereocenters. The van der Waals surface area contributed by atoms with Crippen LogP contribution >= 0.6 is 0 Å². The Balaban J connectivity index is 1.92. The molecular weight excluding hydrogens is 423 g/mol. The number of furan rings is 1. The summed E-state index contributed by atoms with van der Waals surface area (Å²) >= 11 is 0. The first-order valence-electron chi connectivity index (χ1n) is 10.3. The monoisotopic (exact) mass is 444 g/mol. The Morgan fingerprint density at radius 1 is 1.09 bits per heavy atom. The van der Waals surface area contributed by atoms with Gasteiger partial charge in [-0.05, 0) is 74.2 Å². The van der Waals surface area contributed by atoms with Crippen LogP contribution in [-0.4, -0.2) is 15.5 Å². The number of ketones is 1. The average molecular weight is 444 g/mol. The highest BCUT2D eigenvalue weighted by molar-refractivity contribution is 6.12. The lowest BCUT2D eigenvalue weighted by Crippen LogP contribution is -2.27. The van der Waals surface area contributed by atoms with E-state index in [1.54, 1.807) is 6.92 Å². The van der Waals surface area contributed by atoms with Gasteiger partial charge in [-0.15, -0.1) is 0 Å². The van der Waals surface area contributed by atoms with E-state index in [1.165, 1.54) is 31.2 Å². The zero-order valence-corrected chi connectivity index (χ0v) is 18.6. The Hall–Kier alpha value is -4.18. The van der Waals surface area contributed by atoms with Crippen LogP contribution in [0.1, 0.15) is 49.5 Å². The molecular formula is C26H21FN2O4. The second-order valence-electron chi connectivity index (χ2n) is 8.15. The maximum atomic E-state index is 13.5. The Kier molecular flexibility index (Phi) is 5.38. The number of carbonyl (C=O) groups is 1. The van der Waals surface area contributed by atoms with Crippen molar-refractivity contribution in [3.8, 4) is 11.9 Å². The van der Waals surface area contributed by atoms with Crippen molar-refractivity contribution in [2.75, 3.05) is 0 Å². The van der Waals surface area contributed by atoms with Gasteiger partial charge in [0.15, 0.2) is 5.76 Å². The van der Waals surface area contributed by atoms with Crippen molar-refractivity contribution in [3.63, 3.8) is 0 Å². The van der Waals surface area contributed by atoms with Gasteiger partial charge in [0, 0.05) is 10.9 Å². The normalized spacial score (nSPS) is 11.0. The fourth-order valence-electron chi connectivity index (χ4n) is 3.95. The Morgan fingerprint density at radius 3 is 2.36 bits per heavy atom. The van der Waals surface area contributed by atoms with Crippen LogP contribution in [0.25, 0.3) is 11.0 Å². The van der Waals surface area contributed by atoms with Crippen LogP contribution in [0.4, 0.5) is 4.39 Å². The molecule has 1 N–H and O–H groups in total. The molecule has 0 aliphatic carbocycles. The third kappa shape index (κ3) is 3.60. The molecule has 2 heterocycles. The standard InChI is InChI=1S/C26H21FN2O4/c1-13-9-19-16(4)24(33-21(19)10-14(13)2)23(30)22-15(3)20(11-28)25(31)29(26(22)32)12-17-5-7-18(27)8-6-17/h5-10,32H,12H2,1-4H3. The van der Waals surface area contributed by atoms with Gasteiger partial charge in [0.1, 0.15) is 23.0 Å². The lowest BCUT2D eigenvalue weighted by Gasteiger charge is -2.15. The van der Waals surface area contributed by atoms with Crippen molar-refractivity contribution in [3.05, 3.63) is 97.3 Å². The summed E-state index contributed by atoms with van der Waals surface area (Å²) < 4.78 is 20.1. The van der Waals surface area contributed by atoms with Gasteiger partial charge >= 0.3 is 0 Å². The van der Waals surface area contributed by atoms with Crippen LogP contribution in [0.3, 0.4) is 0 Å². The first kappa shape index (κ1) is 22.0. The Labute approximate surface area is 189 Å². The summed E-state index contributed by atoms with van der Waals surface area (Å²) in [4.78, 5) is 26.4. The Bertz CT molecular complexity index is 1540. The number of benzene rings is 2. The van der Waals surface area contributed by atoms with Crippen molar-refractivity contribution >= 4 is 16.8 Å². The Morgan fingerprint density at radius 2 is 1.73 bits per heavy atom. The van der Waals surface area contributed by atoms with Crippen molar-refractivity contribution in [1.29, 1.82) is 5.26 Å². The summed E-state index contributed by atoms with van der Waals surface area (Å²) in [6.45, 7) is 6.96. The zero-order chi connectivity index (χ0) is 24.0. The van der Waals surface area contributed by atoms with E-state index in [1.807, 2.05) is 32.0 Å². The van der Waals surface area contributed by atoms with Crippen LogP contribution in [0.15, 0.2) is 45.6 Å². The summed E-state index contributed by atoms with van der Waals surface area (Å²) in [6, 6.07) is 11.0. The van der Waals surface area contributed by atoms with E-state index in [-0.39, 0.29) is 29.0 Å². The number of pyridine rings is 1. The van der Waals surface area contributed by atoms with E-state index < -0.39 is 23.0 Å². The first-order chi connectivity index (χ1) is 15.6. The number of hydrogen-bond acceptors (Lipinski definition) is 5. The quantitative estimate of drug-likeness (QED) is 0.455. The third-order valence-electron chi connectivity index (χ3n) is 6.04. The third-order valence-corrected chi connectivity index (χ3v) is 6.04. The van der Waals surface area contributed by atoms with E-state index in [2.05, 4.69) is 0 Å². The largest absolute Gasteiger partial charge is 0.494 e. The zero-order valence-electron chi connectivity index (χ0n) is 18.6. The summed E-state index contributed by atoms with van der Waals surface area (Å²) in [5, 5.41) is 21.4. The number of nitrogens with zero attached hydrogens (tertiary/aromatic N) is 2. The lowest BCUT2D eigenvalue weighted by atomic mass is 9.98. The topological polar surface area (TPSA) is 96.2 Å². The van der Waals surface area contributed by atoms with Crippen molar-refractivity contribution in [2.24, 2.45) is 0 Å². The maximum Gasteiger partial charge on any atom is 0.271 e. The predicted octanol–water partition coefficient (Wildman–Crippen LogP) is 4.82. The average Bonchev–Trinajstić information content (AvgIpc) is 3.08. The lowest BCUT2D eigenvalue weighted by molar-refractivity contribution is 0.101. The molecule has 4 aromatic rings. The van der Waals surface area contributed by atoms with Gasteiger partial charge in [0.2, 0.25) is 11.7 Å². The van der Waals surface area contributed by atoms with Gasteiger partial charge in [-0.25, -0.2) is 4.39 Å². The summed E-state index contributed by atoms with van der Waals surface area (Å²) in [7, 11) is 0. The molecule has 0 aliphatic rings. The number of aromatic hydroxyl groups is 1. The molecule has 166 valence electrons. The molecule has 0 saturated heterocycles. The molecule has 0 saturated carbocycles. The molecule has 0 bridgehead atoms. The van der Waals surface area contributed by atoms with Gasteiger partial charge in [0.05, 0.1) is 12.1 Å². The molecule has 2 aromatic heterocycles. The predicted molar refractivity (Wildman–Crippen MR) is 121 cm³/mol.